The molecule has 0 aliphatic rings. The molecule has 0 unspecified atom stereocenters. The van der Waals surface area contributed by atoms with Crippen LogP contribution in [0.4, 0.5) is 0 Å². The van der Waals surface area contributed by atoms with Crippen molar-refractivity contribution in [1.82, 2.24) is 0 Å². The number of hydrogen-bond acceptors (Lipinski definition) is 1. The number of Topliss-reactive ketones (excluding diaryl/α,β-unsaturated/α-hetero) is 1. The van der Waals surface area contributed by atoms with Crippen molar-refractivity contribution in [2.24, 2.45) is 0 Å². The third kappa shape index (κ3) is 1.78. The van der Waals surface area contributed by atoms with Gasteiger partial charge < -0.3 is 0 Å². The van der Waals surface area contributed by atoms with Gasteiger partial charge >= 0.3 is 0 Å². The third-order valence-corrected chi connectivity index (χ3v) is 2.71. The number of rotatable bonds is 2. The highest BCUT2D eigenvalue weighted by molar-refractivity contribution is 6.07. The number of benzene rings is 2. The molecule has 0 radical (unpaired) electrons. The Kier molecular flexibility index (Phi) is 2.55. The van der Waals surface area contributed by atoms with Crippen LogP contribution < -0.4 is 0 Å². The normalized spacial score (nSPS) is 10.5. The fourth-order valence-electron chi connectivity index (χ4n) is 1.87. The van der Waals surface area contributed by atoms with Crippen LogP contribution in [0, 0.1) is 0 Å². The van der Waals surface area contributed by atoms with Crippen LogP contribution in [0.1, 0.15) is 29.8 Å². The predicted molar refractivity (Wildman–Crippen MR) is 63.3 cm³/mol. The summed E-state index contributed by atoms with van der Waals surface area (Å²) in [5.74, 6) is 0.140. The van der Waals surface area contributed by atoms with Crippen molar-refractivity contribution in [3.63, 3.8) is 0 Å². The minimum Gasteiger partial charge on any atom is -0.294 e. The Bertz CT molecular complexity index is 512. The zero-order valence-corrected chi connectivity index (χ0v) is 9.08. The van der Waals surface area contributed by atoms with E-state index in [0.29, 0.717) is 0 Å². The summed E-state index contributed by atoms with van der Waals surface area (Å²) in [7, 11) is 0. The second kappa shape index (κ2) is 3.85. The van der Waals surface area contributed by atoms with Gasteiger partial charge in [0.05, 0.1) is 0 Å². The van der Waals surface area contributed by atoms with E-state index in [4.69, 9.17) is 0 Å². The van der Waals surface area contributed by atoms with Gasteiger partial charge in [0.2, 0.25) is 0 Å². The number of carbonyl (C=O) groups is 1. The minimum absolute atomic E-state index is 0.140. The van der Waals surface area contributed by atoms with Crippen LogP contribution in [0.25, 0.3) is 10.8 Å². The largest absolute Gasteiger partial charge is 0.294 e. The standard InChI is InChI=1S/C14H14O/c1-3-11-8-12-6-4-5-7-13(12)14(9-11)10(2)15/h4-9H,3H2,1-2H3. The molecule has 0 atom stereocenters. The average Bonchev–Trinajstić information content (AvgIpc) is 2.27. The molecule has 2 rings (SSSR count). The number of aryl methyl sites for hydroxylation is 1. The van der Waals surface area contributed by atoms with Crippen LogP contribution in [0.2, 0.25) is 0 Å². The first-order valence-electron chi connectivity index (χ1n) is 5.25. The zero-order chi connectivity index (χ0) is 10.8. The summed E-state index contributed by atoms with van der Waals surface area (Å²) in [5, 5.41) is 2.21. The lowest BCUT2D eigenvalue weighted by molar-refractivity contribution is 0.101. The second-order valence-corrected chi connectivity index (χ2v) is 3.77. The van der Waals surface area contributed by atoms with Gasteiger partial charge in [-0.15, -0.1) is 0 Å². The lowest BCUT2D eigenvalue weighted by Crippen LogP contribution is -1.95. The van der Waals surface area contributed by atoms with Crippen LogP contribution in [0.15, 0.2) is 36.4 Å². The van der Waals surface area contributed by atoms with Crippen LogP contribution in [0.3, 0.4) is 0 Å². The van der Waals surface area contributed by atoms with Crippen molar-refractivity contribution in [3.8, 4) is 0 Å². The van der Waals surface area contributed by atoms with Crippen molar-refractivity contribution in [2.75, 3.05) is 0 Å². The van der Waals surface area contributed by atoms with Crippen molar-refractivity contribution >= 4 is 16.6 Å². The molecule has 0 aliphatic carbocycles. The maximum atomic E-state index is 11.5. The second-order valence-electron chi connectivity index (χ2n) is 3.77. The highest BCUT2D eigenvalue weighted by Crippen LogP contribution is 2.21. The summed E-state index contributed by atoms with van der Waals surface area (Å²) >= 11 is 0. The first kappa shape index (κ1) is 9.91. The number of carbonyl (C=O) groups excluding carboxylic acids is 1. The SMILES string of the molecule is CCc1cc(C(C)=O)c2ccccc2c1. The number of hydrogen-bond donors (Lipinski definition) is 0. The lowest BCUT2D eigenvalue weighted by Gasteiger charge is -2.06. The van der Waals surface area contributed by atoms with E-state index in [1.165, 1.54) is 5.56 Å². The summed E-state index contributed by atoms with van der Waals surface area (Å²) in [6.45, 7) is 3.73. The molecule has 1 nitrogen and oxygen atoms in total. The molecular weight excluding hydrogens is 184 g/mol. The van der Waals surface area contributed by atoms with E-state index in [9.17, 15) is 4.79 Å². The zero-order valence-electron chi connectivity index (χ0n) is 9.08. The van der Waals surface area contributed by atoms with Gasteiger partial charge in [0.15, 0.2) is 5.78 Å². The Balaban J connectivity index is 2.80. The third-order valence-electron chi connectivity index (χ3n) is 2.71. The molecule has 0 amide bonds. The molecule has 0 bridgehead atoms. The molecule has 0 saturated heterocycles. The van der Waals surface area contributed by atoms with Crippen LogP contribution in [-0.2, 0) is 6.42 Å². The van der Waals surface area contributed by atoms with E-state index >= 15 is 0 Å². The molecule has 2 aromatic carbocycles. The molecule has 0 heterocycles. The van der Waals surface area contributed by atoms with Gasteiger partial charge in [-0.1, -0.05) is 37.3 Å². The van der Waals surface area contributed by atoms with Crippen molar-refractivity contribution in [2.45, 2.75) is 20.3 Å². The maximum Gasteiger partial charge on any atom is 0.160 e. The van der Waals surface area contributed by atoms with Gasteiger partial charge in [0, 0.05) is 5.56 Å². The fourth-order valence-corrected chi connectivity index (χ4v) is 1.87. The smallest absolute Gasteiger partial charge is 0.160 e. The van der Waals surface area contributed by atoms with Crippen molar-refractivity contribution in [3.05, 3.63) is 47.5 Å². The molecule has 2 aromatic rings. The summed E-state index contributed by atoms with van der Waals surface area (Å²) in [6, 6.07) is 12.2. The first-order chi connectivity index (χ1) is 7.22. The molecule has 76 valence electrons. The Morgan fingerprint density at radius 2 is 1.93 bits per heavy atom. The molecule has 15 heavy (non-hydrogen) atoms. The summed E-state index contributed by atoms with van der Waals surface area (Å²) in [4.78, 5) is 11.5. The molecular formula is C14H14O. The van der Waals surface area contributed by atoms with E-state index in [1.807, 2.05) is 24.3 Å². The van der Waals surface area contributed by atoms with E-state index in [0.717, 1.165) is 22.8 Å². The van der Waals surface area contributed by atoms with Crippen LogP contribution >= 0.6 is 0 Å². The molecule has 1 heteroatoms. The molecule has 0 aromatic heterocycles. The van der Waals surface area contributed by atoms with Crippen LogP contribution in [0.5, 0.6) is 0 Å². The van der Waals surface area contributed by atoms with Crippen molar-refractivity contribution in [1.29, 1.82) is 0 Å². The Labute approximate surface area is 89.7 Å². The van der Waals surface area contributed by atoms with Gasteiger partial charge in [0.25, 0.3) is 0 Å². The fraction of sp³-hybridized carbons (Fsp3) is 0.214. The Morgan fingerprint density at radius 3 is 2.60 bits per heavy atom. The van der Waals surface area contributed by atoms with Gasteiger partial charge in [-0.2, -0.15) is 0 Å². The van der Waals surface area contributed by atoms with Gasteiger partial charge in [0.1, 0.15) is 0 Å². The first-order valence-corrected chi connectivity index (χ1v) is 5.25. The lowest BCUT2D eigenvalue weighted by atomic mass is 9.98. The van der Waals surface area contributed by atoms with Crippen molar-refractivity contribution < 1.29 is 4.79 Å². The summed E-state index contributed by atoms with van der Waals surface area (Å²) in [6.07, 6.45) is 0.963. The predicted octanol–water partition coefficient (Wildman–Crippen LogP) is 3.60. The molecule has 0 saturated carbocycles. The number of fused-ring (bicyclic) bond motifs is 1. The summed E-state index contributed by atoms with van der Waals surface area (Å²) < 4.78 is 0. The monoisotopic (exact) mass is 198 g/mol. The maximum absolute atomic E-state index is 11.5. The molecule has 0 spiro atoms. The molecule has 0 fully saturated rings. The van der Waals surface area contributed by atoms with Gasteiger partial charge in [-0.3, -0.25) is 4.79 Å². The highest BCUT2D eigenvalue weighted by Gasteiger charge is 2.06. The topological polar surface area (TPSA) is 17.1 Å². The minimum atomic E-state index is 0.140. The van der Waals surface area contributed by atoms with Crippen LogP contribution in [-0.4, -0.2) is 5.78 Å². The summed E-state index contributed by atoms with van der Waals surface area (Å²) in [5.41, 5.74) is 2.06. The number of ketones is 1. The Morgan fingerprint density at radius 1 is 1.20 bits per heavy atom. The molecule has 0 aliphatic heterocycles. The van der Waals surface area contributed by atoms with E-state index in [2.05, 4.69) is 19.1 Å². The van der Waals surface area contributed by atoms with Gasteiger partial charge in [-0.05, 0) is 35.7 Å². The highest BCUT2D eigenvalue weighted by atomic mass is 16.1. The quantitative estimate of drug-likeness (QED) is 0.674. The average molecular weight is 198 g/mol. The molecule has 0 N–H and O–H groups in total. The van der Waals surface area contributed by atoms with E-state index < -0.39 is 0 Å². The Hall–Kier alpha value is -1.63. The van der Waals surface area contributed by atoms with Gasteiger partial charge in [-0.25, -0.2) is 0 Å². The van der Waals surface area contributed by atoms with E-state index in [1.54, 1.807) is 6.92 Å². The van der Waals surface area contributed by atoms with E-state index in [-0.39, 0.29) is 5.78 Å².